The number of aromatic nitrogens is 2. The third-order valence-electron chi connectivity index (χ3n) is 3.28. The number of hydrogen-bond acceptors (Lipinski definition) is 6. The van der Waals surface area contributed by atoms with Crippen LogP contribution in [-0.4, -0.2) is 49.4 Å². The Kier molecular flexibility index (Phi) is 3.63. The highest BCUT2D eigenvalue weighted by molar-refractivity contribution is 7.18. The number of ether oxygens (including phenoxy) is 1. The molecule has 1 unspecified atom stereocenters. The van der Waals surface area contributed by atoms with E-state index in [-0.39, 0.29) is 6.10 Å². The number of likely N-dealkylation sites (N-methyl/N-ethyl adjacent to an activating group) is 1. The molecular formula is C13H18N4OS. The van der Waals surface area contributed by atoms with Crippen LogP contribution in [0.1, 0.15) is 4.88 Å². The molecule has 3 rings (SSSR count). The number of aryl methyl sites for hydroxylation is 1. The zero-order chi connectivity index (χ0) is 13.2. The van der Waals surface area contributed by atoms with Crippen molar-refractivity contribution < 1.29 is 4.74 Å². The van der Waals surface area contributed by atoms with Crippen molar-refractivity contribution in [3.63, 3.8) is 0 Å². The fourth-order valence-electron chi connectivity index (χ4n) is 2.40. The van der Waals surface area contributed by atoms with Gasteiger partial charge in [-0.15, -0.1) is 11.3 Å². The summed E-state index contributed by atoms with van der Waals surface area (Å²) in [5.74, 6) is 0.989. The third-order valence-corrected chi connectivity index (χ3v) is 4.23. The minimum atomic E-state index is 0.225. The van der Waals surface area contributed by atoms with E-state index < -0.39 is 0 Å². The molecule has 0 bridgehead atoms. The van der Waals surface area contributed by atoms with Crippen molar-refractivity contribution in [2.24, 2.45) is 0 Å². The molecule has 1 aliphatic heterocycles. The lowest BCUT2D eigenvalue weighted by molar-refractivity contribution is 0.0339. The van der Waals surface area contributed by atoms with Gasteiger partial charge in [0.15, 0.2) is 0 Å². The number of anilines is 1. The van der Waals surface area contributed by atoms with Crippen LogP contribution >= 0.6 is 11.3 Å². The van der Waals surface area contributed by atoms with Crippen molar-refractivity contribution in [3.05, 3.63) is 17.3 Å². The van der Waals surface area contributed by atoms with Crippen LogP contribution in [0.2, 0.25) is 0 Å². The molecule has 0 spiro atoms. The summed E-state index contributed by atoms with van der Waals surface area (Å²) in [6.45, 7) is 5.58. The van der Waals surface area contributed by atoms with Gasteiger partial charge in [0.1, 0.15) is 17.0 Å². The van der Waals surface area contributed by atoms with E-state index in [1.54, 1.807) is 17.7 Å². The van der Waals surface area contributed by atoms with Crippen LogP contribution in [0.4, 0.5) is 5.82 Å². The molecule has 19 heavy (non-hydrogen) atoms. The molecule has 102 valence electrons. The molecule has 1 atom stereocenters. The number of thiophene rings is 1. The van der Waals surface area contributed by atoms with Crippen LogP contribution in [-0.2, 0) is 4.74 Å². The second-order valence-corrected chi connectivity index (χ2v) is 6.09. The first-order chi connectivity index (χ1) is 9.24. The van der Waals surface area contributed by atoms with Gasteiger partial charge in [0.25, 0.3) is 0 Å². The second-order valence-electron chi connectivity index (χ2n) is 4.85. The molecule has 1 fully saturated rings. The highest BCUT2D eigenvalue weighted by Crippen LogP contribution is 2.29. The van der Waals surface area contributed by atoms with Crippen molar-refractivity contribution in [2.75, 3.05) is 38.2 Å². The molecule has 1 N–H and O–H groups in total. The van der Waals surface area contributed by atoms with Crippen LogP contribution in [0.15, 0.2) is 12.4 Å². The van der Waals surface area contributed by atoms with Crippen LogP contribution in [0.25, 0.3) is 10.2 Å². The molecule has 0 aromatic carbocycles. The van der Waals surface area contributed by atoms with E-state index >= 15 is 0 Å². The number of fused-ring (bicyclic) bond motifs is 1. The minimum Gasteiger partial charge on any atom is -0.374 e. The minimum absolute atomic E-state index is 0.225. The Balaban J connectivity index is 1.82. The highest BCUT2D eigenvalue weighted by atomic mass is 32.1. The Labute approximate surface area is 116 Å². The van der Waals surface area contributed by atoms with Gasteiger partial charge in [-0.3, -0.25) is 0 Å². The largest absolute Gasteiger partial charge is 0.374 e. The number of hydrogen-bond donors (Lipinski definition) is 1. The number of morpholine rings is 1. The van der Waals surface area contributed by atoms with Gasteiger partial charge in [0, 0.05) is 31.6 Å². The third kappa shape index (κ3) is 2.70. The summed E-state index contributed by atoms with van der Waals surface area (Å²) < 4.78 is 5.74. The van der Waals surface area contributed by atoms with E-state index in [1.165, 1.54) is 4.88 Å². The van der Waals surface area contributed by atoms with Gasteiger partial charge < -0.3 is 15.0 Å². The maximum absolute atomic E-state index is 5.74. The molecule has 3 heterocycles. The van der Waals surface area contributed by atoms with Gasteiger partial charge in [0.2, 0.25) is 0 Å². The quantitative estimate of drug-likeness (QED) is 0.920. The van der Waals surface area contributed by atoms with E-state index in [1.807, 2.05) is 0 Å². The van der Waals surface area contributed by atoms with Crippen molar-refractivity contribution in [1.82, 2.24) is 15.3 Å². The first-order valence-corrected chi connectivity index (χ1v) is 7.30. The maximum atomic E-state index is 5.74. The first-order valence-electron chi connectivity index (χ1n) is 6.48. The predicted octanol–water partition coefficient (Wildman–Crippen LogP) is 1.42. The SMILES string of the molecule is Cc1cc2c(N(C)CC3CNCCO3)ncnc2s1. The molecular weight excluding hydrogens is 260 g/mol. The molecule has 5 nitrogen and oxygen atoms in total. The van der Waals surface area contributed by atoms with Gasteiger partial charge >= 0.3 is 0 Å². The van der Waals surface area contributed by atoms with Gasteiger partial charge in [0.05, 0.1) is 18.1 Å². The van der Waals surface area contributed by atoms with Crippen molar-refractivity contribution in [3.8, 4) is 0 Å². The zero-order valence-electron chi connectivity index (χ0n) is 11.2. The summed E-state index contributed by atoms with van der Waals surface area (Å²) in [5.41, 5.74) is 0. The first kappa shape index (κ1) is 12.8. The Bertz CT molecular complexity index is 565. The highest BCUT2D eigenvalue weighted by Gasteiger charge is 2.18. The van der Waals surface area contributed by atoms with Crippen LogP contribution < -0.4 is 10.2 Å². The van der Waals surface area contributed by atoms with Crippen LogP contribution in [0.5, 0.6) is 0 Å². The summed E-state index contributed by atoms with van der Waals surface area (Å²) in [5, 5.41) is 4.49. The molecule has 6 heteroatoms. The van der Waals surface area contributed by atoms with E-state index in [4.69, 9.17) is 4.74 Å². The zero-order valence-corrected chi connectivity index (χ0v) is 12.0. The summed E-state index contributed by atoms with van der Waals surface area (Å²) >= 11 is 1.71. The van der Waals surface area contributed by atoms with E-state index in [2.05, 4.69) is 40.2 Å². The molecule has 0 amide bonds. The summed E-state index contributed by atoms with van der Waals surface area (Å²) in [7, 11) is 2.06. The monoisotopic (exact) mass is 278 g/mol. The maximum Gasteiger partial charge on any atom is 0.140 e. The van der Waals surface area contributed by atoms with Crippen LogP contribution in [0.3, 0.4) is 0 Å². The molecule has 1 aliphatic rings. The molecule has 1 saturated heterocycles. The van der Waals surface area contributed by atoms with E-state index in [0.717, 1.165) is 42.3 Å². The van der Waals surface area contributed by atoms with Gasteiger partial charge in [-0.05, 0) is 13.0 Å². The van der Waals surface area contributed by atoms with E-state index in [9.17, 15) is 0 Å². The fourth-order valence-corrected chi connectivity index (χ4v) is 3.24. The molecule has 0 aliphatic carbocycles. The molecule has 0 saturated carbocycles. The molecule has 2 aromatic heterocycles. The Morgan fingerprint density at radius 3 is 3.21 bits per heavy atom. The summed E-state index contributed by atoms with van der Waals surface area (Å²) in [4.78, 5) is 13.2. The number of nitrogens with one attached hydrogen (secondary N) is 1. The van der Waals surface area contributed by atoms with E-state index in [0.29, 0.717) is 0 Å². The summed E-state index contributed by atoms with van der Waals surface area (Å²) in [6.07, 6.45) is 1.87. The fraction of sp³-hybridized carbons (Fsp3) is 0.538. The Hall–Kier alpha value is -1.24. The lowest BCUT2D eigenvalue weighted by Crippen LogP contribution is -2.44. The standard InChI is InChI=1S/C13H18N4OS/c1-9-5-11-12(15-8-16-13(11)19-9)17(2)7-10-6-14-3-4-18-10/h5,8,10,14H,3-4,6-7H2,1-2H3. The number of rotatable bonds is 3. The van der Waals surface area contributed by atoms with Crippen molar-refractivity contribution in [2.45, 2.75) is 13.0 Å². The second kappa shape index (κ2) is 5.40. The number of nitrogens with zero attached hydrogens (tertiary/aromatic N) is 3. The van der Waals surface area contributed by atoms with Gasteiger partial charge in [-0.25, -0.2) is 9.97 Å². The summed E-state index contributed by atoms with van der Waals surface area (Å²) in [6, 6.07) is 2.16. The average Bonchev–Trinajstić information content (AvgIpc) is 2.79. The lowest BCUT2D eigenvalue weighted by Gasteiger charge is -2.28. The van der Waals surface area contributed by atoms with Crippen molar-refractivity contribution in [1.29, 1.82) is 0 Å². The normalized spacial score (nSPS) is 19.8. The van der Waals surface area contributed by atoms with Crippen LogP contribution in [0, 0.1) is 6.92 Å². The van der Waals surface area contributed by atoms with Gasteiger partial charge in [-0.1, -0.05) is 0 Å². The topological polar surface area (TPSA) is 50.3 Å². The molecule has 2 aromatic rings. The Morgan fingerprint density at radius 2 is 2.42 bits per heavy atom. The lowest BCUT2D eigenvalue weighted by atomic mass is 10.2. The average molecular weight is 278 g/mol. The van der Waals surface area contributed by atoms with Crippen molar-refractivity contribution >= 4 is 27.4 Å². The molecule has 0 radical (unpaired) electrons. The smallest absolute Gasteiger partial charge is 0.140 e. The van der Waals surface area contributed by atoms with Gasteiger partial charge in [-0.2, -0.15) is 0 Å². The Morgan fingerprint density at radius 1 is 1.53 bits per heavy atom. The predicted molar refractivity (Wildman–Crippen MR) is 78.0 cm³/mol.